The highest BCUT2D eigenvalue weighted by Gasteiger charge is 2.47. The average Bonchev–Trinajstić information content (AvgIpc) is 3.60. The van der Waals surface area contributed by atoms with Gasteiger partial charge in [-0.15, -0.1) is 0 Å². The number of benzene rings is 1. The standard InChI is InChI=1S/C26H32N4O/c1-16-5-4-6-24(28-16)29-25-17(2)26(20-7-8-20)30(18(3)31)23-10-9-21(15-22(23)25)19-11-13-27-14-12-19/h4-6,9-11,15,17,20,25-27H,7-8,12-14H2,1-3H3,(H,28,29). The highest BCUT2D eigenvalue weighted by molar-refractivity contribution is 5.94. The molecule has 3 unspecified atom stereocenters. The topological polar surface area (TPSA) is 57.3 Å². The van der Waals surface area contributed by atoms with E-state index in [1.807, 2.05) is 19.1 Å². The zero-order valence-corrected chi connectivity index (χ0v) is 18.7. The first-order valence-corrected chi connectivity index (χ1v) is 11.6. The molecule has 1 aliphatic carbocycles. The number of aryl methyl sites for hydroxylation is 1. The van der Waals surface area contributed by atoms with Crippen LogP contribution in [0.3, 0.4) is 0 Å². The zero-order chi connectivity index (χ0) is 21.5. The van der Waals surface area contributed by atoms with Gasteiger partial charge < -0.3 is 15.5 Å². The fourth-order valence-electron chi connectivity index (χ4n) is 5.43. The Morgan fingerprint density at radius 1 is 1.23 bits per heavy atom. The normalized spacial score (nSPS) is 25.6. The minimum absolute atomic E-state index is 0.118. The van der Waals surface area contributed by atoms with Crippen molar-refractivity contribution in [2.24, 2.45) is 11.8 Å². The maximum Gasteiger partial charge on any atom is 0.224 e. The Balaban J connectivity index is 1.61. The summed E-state index contributed by atoms with van der Waals surface area (Å²) in [7, 11) is 0. The molecule has 5 rings (SSSR count). The lowest BCUT2D eigenvalue weighted by atomic mass is 9.79. The number of carbonyl (C=O) groups is 1. The molecule has 1 fully saturated rings. The van der Waals surface area contributed by atoms with Gasteiger partial charge in [-0.05, 0) is 79.6 Å². The second-order valence-electron chi connectivity index (χ2n) is 9.32. The third-order valence-electron chi connectivity index (χ3n) is 7.06. The summed E-state index contributed by atoms with van der Waals surface area (Å²) in [6.07, 6.45) is 5.74. The van der Waals surface area contributed by atoms with Gasteiger partial charge in [0, 0.05) is 36.8 Å². The number of hydrogen-bond donors (Lipinski definition) is 2. The van der Waals surface area contributed by atoms with E-state index in [9.17, 15) is 4.79 Å². The quantitative estimate of drug-likeness (QED) is 0.758. The molecule has 2 aromatic rings. The van der Waals surface area contributed by atoms with Crippen molar-refractivity contribution in [3.63, 3.8) is 0 Å². The molecule has 3 aliphatic rings. The van der Waals surface area contributed by atoms with Gasteiger partial charge in [-0.3, -0.25) is 4.79 Å². The van der Waals surface area contributed by atoms with E-state index in [0.29, 0.717) is 11.8 Å². The summed E-state index contributed by atoms with van der Waals surface area (Å²) in [5.41, 5.74) is 5.93. The number of anilines is 2. The number of aromatic nitrogens is 1. The Morgan fingerprint density at radius 3 is 2.74 bits per heavy atom. The van der Waals surface area contributed by atoms with Crippen molar-refractivity contribution in [3.8, 4) is 0 Å². The Bertz CT molecular complexity index is 1030. The van der Waals surface area contributed by atoms with Crippen LogP contribution in [0.2, 0.25) is 0 Å². The molecule has 1 saturated carbocycles. The third-order valence-corrected chi connectivity index (χ3v) is 7.06. The Morgan fingerprint density at radius 2 is 2.06 bits per heavy atom. The molecule has 1 aromatic heterocycles. The van der Waals surface area contributed by atoms with Crippen LogP contribution < -0.4 is 15.5 Å². The van der Waals surface area contributed by atoms with Crippen molar-refractivity contribution < 1.29 is 4.79 Å². The molecule has 31 heavy (non-hydrogen) atoms. The van der Waals surface area contributed by atoms with Crippen molar-refractivity contribution in [2.45, 2.75) is 52.1 Å². The van der Waals surface area contributed by atoms with E-state index in [1.165, 1.54) is 29.5 Å². The lowest BCUT2D eigenvalue weighted by molar-refractivity contribution is -0.117. The molecule has 1 amide bonds. The summed E-state index contributed by atoms with van der Waals surface area (Å²) in [4.78, 5) is 19.6. The first-order valence-electron chi connectivity index (χ1n) is 11.6. The minimum atomic E-state index is 0.118. The number of hydrogen-bond acceptors (Lipinski definition) is 4. The van der Waals surface area contributed by atoms with Crippen molar-refractivity contribution >= 4 is 23.0 Å². The van der Waals surface area contributed by atoms with Gasteiger partial charge in [-0.25, -0.2) is 4.98 Å². The predicted molar refractivity (Wildman–Crippen MR) is 126 cm³/mol. The number of nitrogens with zero attached hydrogens (tertiary/aromatic N) is 2. The van der Waals surface area contributed by atoms with Gasteiger partial charge >= 0.3 is 0 Å². The van der Waals surface area contributed by atoms with Crippen LogP contribution >= 0.6 is 0 Å². The molecule has 2 N–H and O–H groups in total. The van der Waals surface area contributed by atoms with Crippen LogP contribution in [0.1, 0.15) is 56.0 Å². The monoisotopic (exact) mass is 416 g/mol. The van der Waals surface area contributed by atoms with Crippen LogP contribution in [-0.4, -0.2) is 30.0 Å². The van der Waals surface area contributed by atoms with E-state index < -0.39 is 0 Å². The van der Waals surface area contributed by atoms with Gasteiger partial charge in [0.1, 0.15) is 5.82 Å². The molecule has 162 valence electrons. The summed E-state index contributed by atoms with van der Waals surface area (Å²) in [6.45, 7) is 7.96. The van der Waals surface area contributed by atoms with Crippen LogP contribution in [0, 0.1) is 18.8 Å². The molecule has 1 aromatic carbocycles. The Labute approximate surface area is 184 Å². The zero-order valence-electron chi connectivity index (χ0n) is 18.7. The fourth-order valence-corrected chi connectivity index (χ4v) is 5.43. The lowest BCUT2D eigenvalue weighted by Gasteiger charge is -2.46. The number of rotatable bonds is 4. The van der Waals surface area contributed by atoms with Crippen molar-refractivity contribution in [1.29, 1.82) is 0 Å². The van der Waals surface area contributed by atoms with Crippen molar-refractivity contribution in [2.75, 3.05) is 23.3 Å². The molecule has 0 saturated heterocycles. The highest BCUT2D eigenvalue weighted by Crippen LogP contribution is 2.50. The summed E-state index contributed by atoms with van der Waals surface area (Å²) < 4.78 is 0. The first-order chi connectivity index (χ1) is 15.0. The third kappa shape index (κ3) is 3.87. The molecule has 3 atom stereocenters. The minimum Gasteiger partial charge on any atom is -0.363 e. The Hall–Kier alpha value is -2.66. The SMILES string of the molecule is CC(=O)N1c2ccc(C3=CCNCC3)cc2C(Nc2cccc(C)n2)C(C)C1C1CC1. The average molecular weight is 417 g/mol. The highest BCUT2D eigenvalue weighted by atomic mass is 16.2. The summed E-state index contributed by atoms with van der Waals surface area (Å²) in [5, 5.41) is 7.15. The number of nitrogens with one attached hydrogen (secondary N) is 2. The molecule has 0 bridgehead atoms. The molecule has 0 spiro atoms. The van der Waals surface area contributed by atoms with Gasteiger partial charge in [-0.1, -0.05) is 25.1 Å². The van der Waals surface area contributed by atoms with Crippen LogP contribution in [0.25, 0.3) is 5.57 Å². The van der Waals surface area contributed by atoms with E-state index in [2.05, 4.69) is 52.8 Å². The molecule has 3 heterocycles. The summed E-state index contributed by atoms with van der Waals surface area (Å²) in [6, 6.07) is 13.2. The van der Waals surface area contributed by atoms with E-state index in [4.69, 9.17) is 4.98 Å². The first kappa shape index (κ1) is 20.3. The van der Waals surface area contributed by atoms with Crippen LogP contribution in [-0.2, 0) is 4.79 Å². The lowest BCUT2D eigenvalue weighted by Crippen LogP contribution is -2.51. The van der Waals surface area contributed by atoms with Gasteiger partial charge in [-0.2, -0.15) is 0 Å². The second kappa shape index (κ2) is 8.12. The van der Waals surface area contributed by atoms with E-state index in [-0.39, 0.29) is 18.0 Å². The molecular weight excluding hydrogens is 384 g/mol. The maximum atomic E-state index is 12.8. The van der Waals surface area contributed by atoms with Crippen LogP contribution in [0.15, 0.2) is 42.5 Å². The molecular formula is C26H32N4O. The van der Waals surface area contributed by atoms with Crippen molar-refractivity contribution in [3.05, 3.63) is 59.3 Å². The van der Waals surface area contributed by atoms with E-state index in [0.717, 1.165) is 36.7 Å². The fraction of sp³-hybridized carbons (Fsp3) is 0.462. The second-order valence-corrected chi connectivity index (χ2v) is 9.32. The number of amides is 1. The van der Waals surface area contributed by atoms with Gasteiger partial charge in [0.2, 0.25) is 5.91 Å². The predicted octanol–water partition coefficient (Wildman–Crippen LogP) is 4.70. The number of carbonyl (C=O) groups excluding carboxylic acids is 1. The van der Waals surface area contributed by atoms with Gasteiger partial charge in [0.25, 0.3) is 0 Å². The maximum absolute atomic E-state index is 12.8. The molecule has 0 radical (unpaired) electrons. The molecule has 5 heteroatoms. The summed E-state index contributed by atoms with van der Waals surface area (Å²) in [5.74, 6) is 1.93. The largest absolute Gasteiger partial charge is 0.363 e. The Kier molecular flexibility index (Phi) is 5.30. The smallest absolute Gasteiger partial charge is 0.224 e. The van der Waals surface area contributed by atoms with Gasteiger partial charge in [0.05, 0.1) is 6.04 Å². The molecule has 5 nitrogen and oxygen atoms in total. The number of pyridine rings is 1. The van der Waals surface area contributed by atoms with E-state index in [1.54, 1.807) is 6.92 Å². The van der Waals surface area contributed by atoms with Crippen LogP contribution in [0.4, 0.5) is 11.5 Å². The van der Waals surface area contributed by atoms with Gasteiger partial charge in [0.15, 0.2) is 0 Å². The van der Waals surface area contributed by atoms with Crippen molar-refractivity contribution in [1.82, 2.24) is 10.3 Å². The summed E-state index contributed by atoms with van der Waals surface area (Å²) >= 11 is 0. The van der Waals surface area contributed by atoms with Crippen LogP contribution in [0.5, 0.6) is 0 Å². The molecule has 2 aliphatic heterocycles. The number of fused-ring (bicyclic) bond motifs is 1. The van der Waals surface area contributed by atoms with E-state index >= 15 is 0 Å².